The van der Waals surface area contributed by atoms with Crippen LogP contribution in [0.3, 0.4) is 0 Å². The van der Waals surface area contributed by atoms with Gasteiger partial charge in [-0.25, -0.2) is 0 Å². The summed E-state index contributed by atoms with van der Waals surface area (Å²) >= 11 is 9.58. The van der Waals surface area contributed by atoms with E-state index in [4.69, 9.17) is 11.6 Å². The maximum Gasteiger partial charge on any atom is 0.0542 e. The average Bonchev–Trinajstić information content (AvgIpc) is 3.26. The Balaban J connectivity index is 1.84. The SMILES string of the molecule is Cc1ccc(NC(c2ccc(Cl)cc2)C2CC2)cc1Br. The topological polar surface area (TPSA) is 12.0 Å². The molecule has 3 rings (SSSR count). The van der Waals surface area contributed by atoms with Gasteiger partial charge >= 0.3 is 0 Å². The molecule has 1 aliphatic rings. The van der Waals surface area contributed by atoms with Crippen LogP contribution in [-0.4, -0.2) is 0 Å². The van der Waals surface area contributed by atoms with Gasteiger partial charge in [0.2, 0.25) is 0 Å². The fourth-order valence-electron chi connectivity index (χ4n) is 2.44. The summed E-state index contributed by atoms with van der Waals surface area (Å²) in [6, 6.07) is 15.0. The van der Waals surface area contributed by atoms with Crippen molar-refractivity contribution in [2.24, 2.45) is 5.92 Å². The molecule has 0 saturated heterocycles. The summed E-state index contributed by atoms with van der Waals surface area (Å²) in [5.41, 5.74) is 3.73. The smallest absolute Gasteiger partial charge is 0.0542 e. The largest absolute Gasteiger partial charge is 0.378 e. The molecule has 1 unspecified atom stereocenters. The van der Waals surface area contributed by atoms with Gasteiger partial charge < -0.3 is 5.32 Å². The van der Waals surface area contributed by atoms with Gasteiger partial charge in [-0.3, -0.25) is 0 Å². The molecule has 1 atom stereocenters. The van der Waals surface area contributed by atoms with E-state index in [1.807, 2.05) is 12.1 Å². The van der Waals surface area contributed by atoms with Gasteiger partial charge in [-0.1, -0.05) is 45.7 Å². The third-order valence-corrected chi connectivity index (χ3v) is 4.92. The number of halogens is 2. The van der Waals surface area contributed by atoms with Crippen LogP contribution >= 0.6 is 27.5 Å². The number of benzene rings is 2. The lowest BCUT2D eigenvalue weighted by molar-refractivity contribution is 0.679. The van der Waals surface area contributed by atoms with Crippen molar-refractivity contribution in [2.75, 3.05) is 5.32 Å². The monoisotopic (exact) mass is 349 g/mol. The molecule has 0 radical (unpaired) electrons. The van der Waals surface area contributed by atoms with Crippen molar-refractivity contribution in [1.82, 2.24) is 0 Å². The second-order valence-electron chi connectivity index (χ2n) is 5.47. The van der Waals surface area contributed by atoms with Crippen LogP contribution in [-0.2, 0) is 0 Å². The van der Waals surface area contributed by atoms with Crippen molar-refractivity contribution in [3.63, 3.8) is 0 Å². The summed E-state index contributed by atoms with van der Waals surface area (Å²) in [7, 11) is 0. The van der Waals surface area contributed by atoms with E-state index in [2.05, 4.69) is 58.5 Å². The Kier molecular flexibility index (Phi) is 4.04. The molecule has 0 aromatic heterocycles. The number of hydrogen-bond donors (Lipinski definition) is 1. The number of aryl methyl sites for hydroxylation is 1. The van der Waals surface area contributed by atoms with Gasteiger partial charge in [-0.2, -0.15) is 0 Å². The zero-order chi connectivity index (χ0) is 14.1. The molecule has 1 aliphatic carbocycles. The molecular weight excluding hydrogens is 334 g/mol. The third kappa shape index (κ3) is 3.18. The molecule has 104 valence electrons. The maximum absolute atomic E-state index is 5.98. The third-order valence-electron chi connectivity index (χ3n) is 3.82. The first kappa shape index (κ1) is 14.0. The Morgan fingerprint density at radius 3 is 2.45 bits per heavy atom. The lowest BCUT2D eigenvalue weighted by atomic mass is 10.0. The van der Waals surface area contributed by atoms with Crippen molar-refractivity contribution < 1.29 is 0 Å². The second-order valence-corrected chi connectivity index (χ2v) is 6.77. The maximum atomic E-state index is 5.98. The molecule has 0 aliphatic heterocycles. The summed E-state index contributed by atoms with van der Waals surface area (Å²) in [5.74, 6) is 0.733. The van der Waals surface area contributed by atoms with E-state index in [9.17, 15) is 0 Å². The van der Waals surface area contributed by atoms with E-state index in [1.165, 1.54) is 24.0 Å². The second kappa shape index (κ2) is 5.79. The van der Waals surface area contributed by atoms with Crippen molar-refractivity contribution in [3.8, 4) is 0 Å². The summed E-state index contributed by atoms with van der Waals surface area (Å²) in [6.45, 7) is 2.10. The van der Waals surface area contributed by atoms with Crippen LogP contribution in [0.1, 0.15) is 30.0 Å². The highest BCUT2D eigenvalue weighted by atomic mass is 79.9. The zero-order valence-electron chi connectivity index (χ0n) is 11.4. The van der Waals surface area contributed by atoms with Gasteiger partial charge in [0.1, 0.15) is 0 Å². The van der Waals surface area contributed by atoms with Crippen molar-refractivity contribution >= 4 is 33.2 Å². The van der Waals surface area contributed by atoms with Gasteiger partial charge in [0.15, 0.2) is 0 Å². The Bertz CT molecular complexity index is 605. The van der Waals surface area contributed by atoms with Crippen LogP contribution in [0.15, 0.2) is 46.9 Å². The fraction of sp³-hybridized carbons (Fsp3) is 0.294. The molecule has 1 N–H and O–H groups in total. The van der Waals surface area contributed by atoms with Crippen LogP contribution in [0.5, 0.6) is 0 Å². The Labute approximate surface area is 133 Å². The molecule has 1 fully saturated rings. The Hall–Kier alpha value is -0.990. The number of hydrogen-bond acceptors (Lipinski definition) is 1. The highest BCUT2D eigenvalue weighted by molar-refractivity contribution is 9.10. The predicted octanol–water partition coefficient (Wildman–Crippen LogP) is 5.97. The van der Waals surface area contributed by atoms with Crippen molar-refractivity contribution in [1.29, 1.82) is 0 Å². The molecule has 0 bridgehead atoms. The van der Waals surface area contributed by atoms with Crippen LogP contribution in [0, 0.1) is 12.8 Å². The minimum absolute atomic E-state index is 0.377. The van der Waals surface area contributed by atoms with Crippen molar-refractivity contribution in [3.05, 3.63) is 63.1 Å². The number of rotatable bonds is 4. The Morgan fingerprint density at radius 2 is 1.85 bits per heavy atom. The first-order valence-electron chi connectivity index (χ1n) is 6.91. The van der Waals surface area contributed by atoms with E-state index in [0.717, 1.165) is 21.1 Å². The van der Waals surface area contributed by atoms with Crippen LogP contribution in [0.25, 0.3) is 0 Å². The molecule has 2 aromatic rings. The average molecular weight is 351 g/mol. The highest BCUT2D eigenvalue weighted by Gasteiger charge is 2.32. The molecule has 3 heteroatoms. The molecule has 0 heterocycles. The molecule has 0 amide bonds. The molecule has 1 saturated carbocycles. The standard InChI is InChI=1S/C17H17BrClN/c1-11-2-9-15(10-16(11)18)20-17(12-3-4-12)13-5-7-14(19)8-6-13/h2,5-10,12,17,20H,3-4H2,1H3. The first-order chi connectivity index (χ1) is 9.63. The van der Waals surface area contributed by atoms with Crippen LogP contribution in [0.2, 0.25) is 5.02 Å². The summed E-state index contributed by atoms with van der Waals surface area (Å²) in [5, 5.41) is 4.46. The fourth-order valence-corrected chi connectivity index (χ4v) is 2.94. The highest BCUT2D eigenvalue weighted by Crippen LogP contribution is 2.43. The van der Waals surface area contributed by atoms with Crippen LogP contribution < -0.4 is 5.32 Å². The van der Waals surface area contributed by atoms with Gasteiger partial charge in [0, 0.05) is 15.2 Å². The molecule has 1 nitrogen and oxygen atoms in total. The van der Waals surface area contributed by atoms with E-state index >= 15 is 0 Å². The van der Waals surface area contributed by atoms with Gasteiger partial charge in [-0.15, -0.1) is 0 Å². The quantitative estimate of drug-likeness (QED) is 0.716. The van der Waals surface area contributed by atoms with E-state index in [1.54, 1.807) is 0 Å². The van der Waals surface area contributed by atoms with Gasteiger partial charge in [0.25, 0.3) is 0 Å². The summed E-state index contributed by atoms with van der Waals surface area (Å²) < 4.78 is 1.15. The van der Waals surface area contributed by atoms with E-state index in [0.29, 0.717) is 6.04 Å². The normalized spacial score (nSPS) is 15.9. The van der Waals surface area contributed by atoms with E-state index < -0.39 is 0 Å². The minimum Gasteiger partial charge on any atom is -0.378 e. The van der Waals surface area contributed by atoms with E-state index in [-0.39, 0.29) is 0 Å². The summed E-state index contributed by atoms with van der Waals surface area (Å²) in [4.78, 5) is 0. The molecular formula is C17H17BrClN. The Morgan fingerprint density at radius 1 is 1.15 bits per heavy atom. The molecule has 2 aromatic carbocycles. The number of nitrogens with one attached hydrogen (secondary N) is 1. The first-order valence-corrected chi connectivity index (χ1v) is 8.09. The van der Waals surface area contributed by atoms with Crippen molar-refractivity contribution in [2.45, 2.75) is 25.8 Å². The molecule has 0 spiro atoms. The lowest BCUT2D eigenvalue weighted by Gasteiger charge is -2.20. The predicted molar refractivity (Wildman–Crippen MR) is 89.4 cm³/mol. The molecule has 20 heavy (non-hydrogen) atoms. The lowest BCUT2D eigenvalue weighted by Crippen LogP contribution is -2.12. The van der Waals surface area contributed by atoms with Gasteiger partial charge in [0.05, 0.1) is 6.04 Å². The van der Waals surface area contributed by atoms with Gasteiger partial charge in [-0.05, 0) is 61.1 Å². The minimum atomic E-state index is 0.377. The van der Waals surface area contributed by atoms with Crippen LogP contribution in [0.4, 0.5) is 5.69 Å². The summed E-state index contributed by atoms with van der Waals surface area (Å²) in [6.07, 6.45) is 2.60. The zero-order valence-corrected chi connectivity index (χ0v) is 13.7. The number of anilines is 1.